The predicted molar refractivity (Wildman–Crippen MR) is 114 cm³/mol. The van der Waals surface area contributed by atoms with Gasteiger partial charge in [0, 0.05) is 22.8 Å². The van der Waals surface area contributed by atoms with Crippen molar-refractivity contribution in [3.63, 3.8) is 0 Å². The number of nitro benzene ring substituents is 1. The van der Waals surface area contributed by atoms with Crippen LogP contribution in [0, 0.1) is 17.0 Å². The van der Waals surface area contributed by atoms with Crippen LogP contribution >= 0.6 is 11.3 Å². The molecule has 7 nitrogen and oxygen atoms in total. The number of aromatic nitrogens is 2. The molecular formula is C21H13F3N4O3S. The summed E-state index contributed by atoms with van der Waals surface area (Å²) in [5, 5.41) is 13.4. The molecule has 0 saturated carbocycles. The number of nitrogens with zero attached hydrogens (tertiary/aromatic N) is 3. The molecule has 1 N–H and O–H groups in total. The normalized spacial score (nSPS) is 11.5. The fraction of sp³-hybridized carbons (Fsp3) is 0.0952. The third kappa shape index (κ3) is 4.02. The van der Waals surface area contributed by atoms with Crippen LogP contribution in [0.3, 0.4) is 0 Å². The molecule has 0 unspecified atom stereocenters. The number of hydrogen-bond acceptors (Lipinski definition) is 6. The summed E-state index contributed by atoms with van der Waals surface area (Å²) in [5.74, 6) is -0.720. The SMILES string of the molecule is Cc1c(C(=O)Nc2nc3nc(-c4ccccc4)cc(C(F)(F)F)c3s2)cccc1[N+](=O)[O-]. The quantitative estimate of drug-likeness (QED) is 0.306. The summed E-state index contributed by atoms with van der Waals surface area (Å²) in [6.45, 7) is 1.42. The number of rotatable bonds is 4. The van der Waals surface area contributed by atoms with Crippen LogP contribution in [0.5, 0.6) is 0 Å². The van der Waals surface area contributed by atoms with Gasteiger partial charge < -0.3 is 0 Å². The second kappa shape index (κ2) is 8.00. The molecule has 162 valence electrons. The van der Waals surface area contributed by atoms with Gasteiger partial charge in [-0.3, -0.25) is 20.2 Å². The monoisotopic (exact) mass is 458 g/mol. The number of nitro groups is 1. The number of nitrogens with one attached hydrogen (secondary N) is 1. The maximum absolute atomic E-state index is 13.7. The first-order chi connectivity index (χ1) is 15.1. The van der Waals surface area contributed by atoms with Crippen LogP contribution in [0.2, 0.25) is 0 Å². The van der Waals surface area contributed by atoms with E-state index in [2.05, 4.69) is 15.3 Å². The number of hydrogen-bond donors (Lipinski definition) is 1. The van der Waals surface area contributed by atoms with Crippen LogP contribution in [0.15, 0.2) is 54.6 Å². The Morgan fingerprint density at radius 2 is 1.81 bits per heavy atom. The Labute approximate surface area is 182 Å². The van der Waals surface area contributed by atoms with Crippen molar-refractivity contribution in [3.8, 4) is 11.3 Å². The first-order valence-electron chi connectivity index (χ1n) is 9.14. The number of halogens is 3. The molecule has 4 aromatic rings. The molecule has 2 aromatic carbocycles. The molecule has 1 amide bonds. The molecule has 0 spiro atoms. The van der Waals surface area contributed by atoms with Crippen LogP contribution in [-0.2, 0) is 6.18 Å². The Kier molecular flexibility index (Phi) is 5.35. The van der Waals surface area contributed by atoms with Gasteiger partial charge in [-0.25, -0.2) is 4.98 Å². The van der Waals surface area contributed by atoms with E-state index in [-0.39, 0.29) is 38.0 Å². The lowest BCUT2D eigenvalue weighted by Gasteiger charge is -2.09. The van der Waals surface area contributed by atoms with E-state index in [1.807, 2.05) is 0 Å². The maximum Gasteiger partial charge on any atom is 0.417 e. The van der Waals surface area contributed by atoms with Crippen LogP contribution < -0.4 is 5.32 Å². The van der Waals surface area contributed by atoms with Gasteiger partial charge in [-0.1, -0.05) is 47.7 Å². The number of amides is 1. The van der Waals surface area contributed by atoms with Crippen LogP contribution in [0.25, 0.3) is 21.6 Å². The van der Waals surface area contributed by atoms with Crippen molar-refractivity contribution < 1.29 is 22.9 Å². The number of carbonyl (C=O) groups excluding carboxylic acids is 1. The molecule has 0 aliphatic rings. The van der Waals surface area contributed by atoms with Crippen molar-refractivity contribution in [2.45, 2.75) is 13.1 Å². The molecule has 0 atom stereocenters. The highest BCUT2D eigenvalue weighted by Gasteiger charge is 2.35. The smallest absolute Gasteiger partial charge is 0.298 e. The number of fused-ring (bicyclic) bond motifs is 1. The van der Waals surface area contributed by atoms with Gasteiger partial charge in [-0.15, -0.1) is 0 Å². The average molecular weight is 458 g/mol. The first-order valence-corrected chi connectivity index (χ1v) is 9.96. The van der Waals surface area contributed by atoms with Crippen molar-refractivity contribution >= 4 is 38.4 Å². The maximum atomic E-state index is 13.7. The van der Waals surface area contributed by atoms with E-state index in [0.29, 0.717) is 16.9 Å². The largest absolute Gasteiger partial charge is 0.417 e. The third-order valence-electron chi connectivity index (χ3n) is 4.70. The highest BCUT2D eigenvalue weighted by Crippen LogP contribution is 2.40. The van der Waals surface area contributed by atoms with Gasteiger partial charge in [0.05, 0.1) is 20.9 Å². The van der Waals surface area contributed by atoms with Gasteiger partial charge in [0.1, 0.15) is 0 Å². The van der Waals surface area contributed by atoms with Crippen molar-refractivity contribution in [2.75, 3.05) is 5.32 Å². The number of pyridine rings is 1. The van der Waals surface area contributed by atoms with Crippen LogP contribution in [0.4, 0.5) is 24.0 Å². The summed E-state index contributed by atoms with van der Waals surface area (Å²) in [6, 6.07) is 13.3. The van der Waals surface area contributed by atoms with Gasteiger partial charge in [0.25, 0.3) is 11.6 Å². The topological polar surface area (TPSA) is 98.0 Å². The summed E-state index contributed by atoms with van der Waals surface area (Å²) in [6.07, 6.45) is -4.66. The fourth-order valence-corrected chi connectivity index (χ4v) is 4.10. The van der Waals surface area contributed by atoms with E-state index in [9.17, 15) is 28.1 Å². The Hall–Kier alpha value is -3.86. The zero-order chi connectivity index (χ0) is 23.0. The van der Waals surface area contributed by atoms with Gasteiger partial charge in [0.2, 0.25) is 0 Å². The number of anilines is 1. The van der Waals surface area contributed by atoms with Crippen molar-refractivity contribution in [1.29, 1.82) is 0 Å². The zero-order valence-corrected chi connectivity index (χ0v) is 17.1. The fourth-order valence-electron chi connectivity index (χ4n) is 3.16. The zero-order valence-electron chi connectivity index (χ0n) is 16.3. The van der Waals surface area contributed by atoms with Crippen LogP contribution in [-0.4, -0.2) is 20.8 Å². The lowest BCUT2D eigenvalue weighted by Crippen LogP contribution is -2.13. The van der Waals surface area contributed by atoms with E-state index < -0.39 is 22.6 Å². The number of benzene rings is 2. The Bertz CT molecular complexity index is 1350. The molecule has 2 aromatic heterocycles. The molecule has 0 fully saturated rings. The molecule has 0 aliphatic carbocycles. The third-order valence-corrected chi connectivity index (χ3v) is 5.70. The van der Waals surface area contributed by atoms with Crippen LogP contribution in [0.1, 0.15) is 21.5 Å². The molecule has 2 heterocycles. The van der Waals surface area contributed by atoms with E-state index in [1.54, 1.807) is 30.3 Å². The summed E-state index contributed by atoms with van der Waals surface area (Å²) in [4.78, 5) is 31.4. The van der Waals surface area contributed by atoms with Crippen molar-refractivity contribution in [2.24, 2.45) is 0 Å². The summed E-state index contributed by atoms with van der Waals surface area (Å²) >= 11 is 0.635. The average Bonchev–Trinajstić information content (AvgIpc) is 3.14. The minimum absolute atomic E-state index is 0.0208. The van der Waals surface area contributed by atoms with E-state index in [0.717, 1.165) is 6.07 Å². The minimum atomic E-state index is -4.66. The highest BCUT2D eigenvalue weighted by molar-refractivity contribution is 7.22. The summed E-state index contributed by atoms with van der Waals surface area (Å²) in [7, 11) is 0. The van der Waals surface area contributed by atoms with E-state index >= 15 is 0 Å². The van der Waals surface area contributed by atoms with Gasteiger partial charge in [0.15, 0.2) is 10.8 Å². The molecule has 32 heavy (non-hydrogen) atoms. The van der Waals surface area contributed by atoms with Gasteiger partial charge in [-0.2, -0.15) is 18.2 Å². The Balaban J connectivity index is 1.76. The highest BCUT2D eigenvalue weighted by atomic mass is 32.1. The second-order valence-corrected chi connectivity index (χ2v) is 7.75. The van der Waals surface area contributed by atoms with Crippen molar-refractivity contribution in [3.05, 3.63) is 81.4 Å². The molecular weight excluding hydrogens is 445 g/mol. The van der Waals surface area contributed by atoms with E-state index in [4.69, 9.17) is 0 Å². The van der Waals surface area contributed by atoms with Gasteiger partial charge in [-0.05, 0) is 19.1 Å². The lowest BCUT2D eigenvalue weighted by molar-refractivity contribution is -0.385. The number of carbonyl (C=O) groups is 1. The molecule has 0 saturated heterocycles. The molecule has 4 rings (SSSR count). The molecule has 0 radical (unpaired) electrons. The Morgan fingerprint density at radius 1 is 1.09 bits per heavy atom. The standard InChI is InChI=1S/C21H13F3N4O3S/c1-11-13(8-5-9-16(11)28(30)31)19(29)27-20-26-18-17(32-20)14(21(22,23)24)10-15(25-18)12-6-3-2-4-7-12/h2-10H,1H3,(H,25,26,27,29). The second-order valence-electron chi connectivity index (χ2n) is 6.75. The molecule has 0 bridgehead atoms. The minimum Gasteiger partial charge on any atom is -0.298 e. The summed E-state index contributed by atoms with van der Waals surface area (Å²) in [5.41, 5.74) is -0.561. The van der Waals surface area contributed by atoms with Crippen molar-refractivity contribution in [1.82, 2.24) is 9.97 Å². The lowest BCUT2D eigenvalue weighted by atomic mass is 10.1. The Morgan fingerprint density at radius 3 is 2.47 bits per heavy atom. The first kappa shape index (κ1) is 21.4. The predicted octanol–water partition coefficient (Wildman–Crippen LogP) is 5.85. The number of thiazole rings is 1. The number of alkyl halides is 3. The summed E-state index contributed by atoms with van der Waals surface area (Å²) < 4.78 is 41.0. The van der Waals surface area contributed by atoms with E-state index in [1.165, 1.54) is 25.1 Å². The molecule has 0 aliphatic heterocycles. The van der Waals surface area contributed by atoms with Gasteiger partial charge >= 0.3 is 6.18 Å². The molecule has 11 heteroatoms.